The second-order valence-electron chi connectivity index (χ2n) is 5.22. The molecule has 0 fully saturated rings. The number of hydrogen-bond acceptors (Lipinski definition) is 5. The van der Waals surface area contributed by atoms with Gasteiger partial charge in [0, 0.05) is 12.6 Å². The average molecular weight is 375 g/mol. The lowest BCUT2D eigenvalue weighted by Crippen LogP contribution is -2.03. The summed E-state index contributed by atoms with van der Waals surface area (Å²) in [5, 5.41) is 7.34. The number of nitrogens with zero attached hydrogens (tertiary/aromatic N) is 2. The lowest BCUT2D eigenvalue weighted by atomic mass is 10.2. The van der Waals surface area contributed by atoms with E-state index in [1.807, 2.05) is 36.4 Å². The van der Waals surface area contributed by atoms with Gasteiger partial charge in [0.25, 0.3) is 0 Å². The summed E-state index contributed by atoms with van der Waals surface area (Å²) in [6.45, 7) is 0.637. The van der Waals surface area contributed by atoms with Gasteiger partial charge in [-0.1, -0.05) is 41.4 Å². The van der Waals surface area contributed by atoms with Crippen LogP contribution in [-0.2, 0) is 6.54 Å². The van der Waals surface area contributed by atoms with Gasteiger partial charge >= 0.3 is 0 Å². The molecular formula is C18H16Cl2N4O. The van der Waals surface area contributed by atoms with Crippen LogP contribution in [-0.4, -0.2) is 17.1 Å². The first-order chi connectivity index (χ1) is 12.2. The van der Waals surface area contributed by atoms with E-state index in [4.69, 9.17) is 27.9 Å². The molecule has 7 heteroatoms. The van der Waals surface area contributed by atoms with E-state index in [0.29, 0.717) is 33.9 Å². The Morgan fingerprint density at radius 2 is 1.76 bits per heavy atom. The highest BCUT2D eigenvalue weighted by Gasteiger charge is 2.06. The summed E-state index contributed by atoms with van der Waals surface area (Å²) in [6.07, 6.45) is 1.48. The molecule has 0 amide bonds. The molecule has 0 spiro atoms. The van der Waals surface area contributed by atoms with Gasteiger partial charge in [0.1, 0.15) is 23.7 Å². The first-order valence-corrected chi connectivity index (χ1v) is 8.31. The summed E-state index contributed by atoms with van der Waals surface area (Å²) in [6, 6.07) is 15.0. The highest BCUT2D eigenvalue weighted by atomic mass is 35.5. The molecule has 0 saturated carbocycles. The maximum Gasteiger partial charge on any atom is 0.135 e. The van der Waals surface area contributed by atoms with E-state index in [2.05, 4.69) is 20.6 Å². The molecule has 0 aliphatic rings. The maximum atomic E-state index is 6.19. The van der Waals surface area contributed by atoms with E-state index in [1.54, 1.807) is 19.2 Å². The number of anilines is 3. The Balaban J connectivity index is 1.67. The van der Waals surface area contributed by atoms with Crippen LogP contribution in [0.3, 0.4) is 0 Å². The van der Waals surface area contributed by atoms with Crippen molar-refractivity contribution < 1.29 is 4.74 Å². The van der Waals surface area contributed by atoms with Crippen molar-refractivity contribution in [3.05, 3.63) is 70.5 Å². The number of rotatable bonds is 6. The Kier molecular flexibility index (Phi) is 5.58. The zero-order chi connectivity index (χ0) is 17.6. The highest BCUT2D eigenvalue weighted by Crippen LogP contribution is 2.31. The molecule has 5 nitrogen and oxygen atoms in total. The molecule has 0 saturated heterocycles. The van der Waals surface area contributed by atoms with E-state index < -0.39 is 0 Å². The SMILES string of the molecule is COc1ccc(CNc2cc(Nc3cccc(Cl)c3Cl)ncn2)cc1. The number of benzene rings is 2. The third-order valence-electron chi connectivity index (χ3n) is 3.51. The summed E-state index contributed by atoms with van der Waals surface area (Å²) in [5.74, 6) is 2.15. The zero-order valence-corrected chi connectivity index (χ0v) is 15.0. The highest BCUT2D eigenvalue weighted by molar-refractivity contribution is 6.43. The quantitative estimate of drug-likeness (QED) is 0.624. The van der Waals surface area contributed by atoms with Crippen molar-refractivity contribution >= 4 is 40.5 Å². The predicted octanol–water partition coefficient (Wildman–Crippen LogP) is 5.15. The van der Waals surface area contributed by atoms with Crippen LogP contribution in [0.4, 0.5) is 17.3 Å². The van der Waals surface area contributed by atoms with Gasteiger partial charge in [-0.25, -0.2) is 9.97 Å². The molecule has 25 heavy (non-hydrogen) atoms. The standard InChI is InChI=1S/C18H16Cl2N4O/c1-25-13-7-5-12(6-8-13)10-21-16-9-17(23-11-22-16)24-15-4-2-3-14(19)18(15)20/h2-9,11H,10H2,1H3,(H2,21,22,23,24). The lowest BCUT2D eigenvalue weighted by molar-refractivity contribution is 0.414. The van der Waals surface area contributed by atoms with Crippen molar-refractivity contribution in [2.75, 3.05) is 17.7 Å². The van der Waals surface area contributed by atoms with Crippen LogP contribution in [0.25, 0.3) is 0 Å². The van der Waals surface area contributed by atoms with Crippen molar-refractivity contribution in [1.29, 1.82) is 0 Å². The van der Waals surface area contributed by atoms with E-state index in [-0.39, 0.29) is 0 Å². The molecule has 2 N–H and O–H groups in total. The van der Waals surface area contributed by atoms with Gasteiger partial charge in [-0.3, -0.25) is 0 Å². The van der Waals surface area contributed by atoms with Gasteiger partial charge < -0.3 is 15.4 Å². The van der Waals surface area contributed by atoms with Gasteiger partial charge in [-0.2, -0.15) is 0 Å². The van der Waals surface area contributed by atoms with Gasteiger partial charge in [0.2, 0.25) is 0 Å². The molecule has 2 aromatic carbocycles. The number of halogens is 2. The number of aromatic nitrogens is 2. The Bertz CT molecular complexity index is 856. The van der Waals surface area contributed by atoms with Gasteiger partial charge in [-0.05, 0) is 29.8 Å². The minimum Gasteiger partial charge on any atom is -0.497 e. The van der Waals surface area contributed by atoms with Crippen LogP contribution >= 0.6 is 23.2 Å². The normalized spacial score (nSPS) is 10.4. The smallest absolute Gasteiger partial charge is 0.135 e. The summed E-state index contributed by atoms with van der Waals surface area (Å²) in [4.78, 5) is 8.43. The Morgan fingerprint density at radius 3 is 2.52 bits per heavy atom. The van der Waals surface area contributed by atoms with Crippen LogP contribution in [0.5, 0.6) is 5.75 Å². The first-order valence-electron chi connectivity index (χ1n) is 7.55. The van der Waals surface area contributed by atoms with Gasteiger partial charge in [0.15, 0.2) is 0 Å². The van der Waals surface area contributed by atoms with Crippen molar-refractivity contribution in [1.82, 2.24) is 9.97 Å². The van der Waals surface area contributed by atoms with E-state index in [0.717, 1.165) is 11.3 Å². The molecule has 1 aromatic heterocycles. The van der Waals surface area contributed by atoms with Gasteiger partial charge in [-0.15, -0.1) is 0 Å². The van der Waals surface area contributed by atoms with Crippen LogP contribution < -0.4 is 15.4 Å². The summed E-state index contributed by atoms with van der Waals surface area (Å²) in [7, 11) is 1.65. The molecule has 3 rings (SSSR count). The second kappa shape index (κ2) is 8.05. The van der Waals surface area contributed by atoms with E-state index in [9.17, 15) is 0 Å². The molecule has 0 aliphatic carbocycles. The molecule has 0 atom stereocenters. The third-order valence-corrected chi connectivity index (χ3v) is 4.33. The van der Waals surface area contributed by atoms with Crippen molar-refractivity contribution in [3.8, 4) is 5.75 Å². The van der Waals surface area contributed by atoms with E-state index in [1.165, 1.54) is 6.33 Å². The molecular weight excluding hydrogens is 359 g/mol. The minimum atomic E-state index is 0.454. The number of hydrogen-bond donors (Lipinski definition) is 2. The minimum absolute atomic E-state index is 0.454. The maximum absolute atomic E-state index is 6.19. The lowest BCUT2D eigenvalue weighted by Gasteiger charge is -2.10. The molecule has 0 aliphatic heterocycles. The van der Waals surface area contributed by atoms with Crippen LogP contribution in [0.2, 0.25) is 10.0 Å². The zero-order valence-electron chi connectivity index (χ0n) is 13.5. The van der Waals surface area contributed by atoms with Crippen LogP contribution in [0.15, 0.2) is 54.9 Å². The molecule has 128 valence electrons. The summed E-state index contributed by atoms with van der Waals surface area (Å²) >= 11 is 12.2. The number of ether oxygens (including phenoxy) is 1. The molecule has 0 unspecified atom stereocenters. The fourth-order valence-electron chi connectivity index (χ4n) is 2.20. The fourth-order valence-corrected chi connectivity index (χ4v) is 2.54. The van der Waals surface area contributed by atoms with E-state index >= 15 is 0 Å². The Labute approximate surface area is 156 Å². The van der Waals surface area contributed by atoms with Crippen molar-refractivity contribution in [2.45, 2.75) is 6.54 Å². The Hall–Kier alpha value is -2.50. The molecule has 0 radical (unpaired) electrons. The predicted molar refractivity (Wildman–Crippen MR) is 102 cm³/mol. The van der Waals surface area contributed by atoms with Crippen LogP contribution in [0.1, 0.15) is 5.56 Å². The Morgan fingerprint density at radius 1 is 1.00 bits per heavy atom. The van der Waals surface area contributed by atoms with Crippen LogP contribution in [0, 0.1) is 0 Å². The first kappa shape index (κ1) is 17.3. The molecule has 0 bridgehead atoms. The molecule has 3 aromatic rings. The number of methoxy groups -OCH3 is 1. The topological polar surface area (TPSA) is 59.1 Å². The second-order valence-corrected chi connectivity index (χ2v) is 6.00. The third kappa shape index (κ3) is 4.53. The number of nitrogens with one attached hydrogen (secondary N) is 2. The molecule has 1 heterocycles. The van der Waals surface area contributed by atoms with Crippen molar-refractivity contribution in [2.24, 2.45) is 0 Å². The monoisotopic (exact) mass is 374 g/mol. The summed E-state index contributed by atoms with van der Waals surface area (Å²) < 4.78 is 5.15. The summed E-state index contributed by atoms with van der Waals surface area (Å²) in [5.41, 5.74) is 1.81. The largest absolute Gasteiger partial charge is 0.497 e. The van der Waals surface area contributed by atoms with Crippen molar-refractivity contribution in [3.63, 3.8) is 0 Å². The van der Waals surface area contributed by atoms with Gasteiger partial charge in [0.05, 0.1) is 22.8 Å². The average Bonchev–Trinajstić information content (AvgIpc) is 2.64. The fraction of sp³-hybridized carbons (Fsp3) is 0.111.